The molecule has 0 saturated heterocycles. The van der Waals surface area contributed by atoms with Crippen LogP contribution in [0.1, 0.15) is 5.56 Å². The van der Waals surface area contributed by atoms with Gasteiger partial charge in [0.25, 0.3) is 0 Å². The van der Waals surface area contributed by atoms with Crippen molar-refractivity contribution in [2.75, 3.05) is 13.6 Å². The highest BCUT2D eigenvalue weighted by Gasteiger charge is 1.89. The van der Waals surface area contributed by atoms with E-state index >= 15 is 0 Å². The first-order valence-electron chi connectivity index (χ1n) is 3.93. The number of hydrogen-bond acceptors (Lipinski definition) is 2. The van der Waals surface area contributed by atoms with Crippen molar-refractivity contribution in [2.24, 2.45) is 0 Å². The molecule has 64 valence electrons. The van der Waals surface area contributed by atoms with Gasteiger partial charge in [-0.3, -0.25) is 0 Å². The molecule has 0 radical (unpaired) electrons. The van der Waals surface area contributed by atoms with E-state index in [-0.39, 0.29) is 0 Å². The largest absolute Gasteiger partial charge is 0.316 e. The van der Waals surface area contributed by atoms with Gasteiger partial charge in [0.05, 0.1) is 0 Å². The molecule has 1 nitrogen and oxygen atoms in total. The van der Waals surface area contributed by atoms with Crippen LogP contribution in [-0.4, -0.2) is 13.6 Å². The third-order valence-corrected chi connectivity index (χ3v) is 1.96. The lowest BCUT2D eigenvalue weighted by Crippen LogP contribution is -2.03. The van der Waals surface area contributed by atoms with Gasteiger partial charge in [-0.05, 0) is 18.7 Å². The van der Waals surface area contributed by atoms with E-state index in [2.05, 4.69) is 36.2 Å². The summed E-state index contributed by atoms with van der Waals surface area (Å²) in [7, 11) is 1.93. The maximum absolute atomic E-state index is 4.33. The Bertz CT molecular complexity index is 268. The van der Waals surface area contributed by atoms with Crippen LogP contribution in [0.5, 0.6) is 0 Å². The third-order valence-electron chi connectivity index (χ3n) is 1.56. The van der Waals surface area contributed by atoms with Gasteiger partial charge in [-0.25, -0.2) is 0 Å². The van der Waals surface area contributed by atoms with Crippen LogP contribution in [0.2, 0.25) is 0 Å². The molecule has 2 heteroatoms. The number of nitrogens with one attached hydrogen (secondary N) is 1. The van der Waals surface area contributed by atoms with Crippen molar-refractivity contribution in [3.8, 4) is 0 Å². The fraction of sp³-hybridized carbons (Fsp3) is 0.200. The molecule has 0 aromatic heterocycles. The molecule has 12 heavy (non-hydrogen) atoms. The zero-order valence-corrected chi connectivity index (χ0v) is 8.01. The number of rotatable bonds is 3. The fourth-order valence-corrected chi connectivity index (χ4v) is 1.17. The van der Waals surface area contributed by atoms with Gasteiger partial charge in [-0.15, -0.1) is 12.6 Å². The molecule has 0 saturated carbocycles. The van der Waals surface area contributed by atoms with Crippen LogP contribution in [-0.2, 0) is 0 Å². The molecule has 0 heterocycles. The normalized spacial score (nSPS) is 10.8. The minimum atomic E-state index is 0.891. The minimum absolute atomic E-state index is 0.891. The Hall–Kier alpha value is -0.730. The Morgan fingerprint density at radius 3 is 2.83 bits per heavy atom. The molecule has 0 unspecified atom stereocenters. The van der Waals surface area contributed by atoms with Crippen molar-refractivity contribution in [3.63, 3.8) is 0 Å². The van der Waals surface area contributed by atoms with Gasteiger partial charge in [0, 0.05) is 11.4 Å². The number of likely N-dealkylation sites (N-methyl/N-ethyl adjacent to an activating group) is 1. The second-order valence-electron chi connectivity index (χ2n) is 2.52. The second kappa shape index (κ2) is 5.01. The van der Waals surface area contributed by atoms with Gasteiger partial charge in [0.2, 0.25) is 0 Å². The maximum atomic E-state index is 4.33. The van der Waals surface area contributed by atoms with Crippen molar-refractivity contribution in [2.45, 2.75) is 4.90 Å². The van der Waals surface area contributed by atoms with E-state index in [1.165, 1.54) is 0 Å². The highest BCUT2D eigenvalue weighted by molar-refractivity contribution is 7.80. The van der Waals surface area contributed by atoms with Crippen LogP contribution in [0.4, 0.5) is 0 Å². The Morgan fingerprint density at radius 2 is 2.17 bits per heavy atom. The molecule has 0 aliphatic carbocycles. The summed E-state index contributed by atoms with van der Waals surface area (Å²) in [6.07, 6.45) is 4.15. The van der Waals surface area contributed by atoms with Crippen LogP contribution < -0.4 is 5.32 Å². The summed E-state index contributed by atoms with van der Waals surface area (Å²) in [6.45, 7) is 0.891. The molecule has 0 bridgehead atoms. The SMILES string of the molecule is CNCC=Cc1ccccc1S. The molecule has 0 spiro atoms. The average Bonchev–Trinajstić information content (AvgIpc) is 2.09. The summed E-state index contributed by atoms with van der Waals surface area (Å²) >= 11 is 4.33. The molecule has 0 fully saturated rings. The van der Waals surface area contributed by atoms with E-state index in [0.29, 0.717) is 0 Å². The maximum Gasteiger partial charge on any atom is 0.0135 e. The van der Waals surface area contributed by atoms with E-state index in [1.54, 1.807) is 0 Å². The van der Waals surface area contributed by atoms with E-state index in [0.717, 1.165) is 17.0 Å². The Kier molecular flexibility index (Phi) is 3.91. The van der Waals surface area contributed by atoms with E-state index in [1.807, 2.05) is 25.2 Å². The Morgan fingerprint density at radius 1 is 1.42 bits per heavy atom. The fourth-order valence-electron chi connectivity index (χ4n) is 0.932. The van der Waals surface area contributed by atoms with Crippen LogP contribution in [0.3, 0.4) is 0 Å². The lowest BCUT2D eigenvalue weighted by molar-refractivity contribution is 0.922. The lowest BCUT2D eigenvalue weighted by atomic mass is 10.2. The molecule has 0 aliphatic heterocycles. The van der Waals surface area contributed by atoms with Gasteiger partial charge in [0.15, 0.2) is 0 Å². The van der Waals surface area contributed by atoms with Crippen molar-refractivity contribution in [1.82, 2.24) is 5.32 Å². The molecule has 1 N–H and O–H groups in total. The summed E-state index contributed by atoms with van der Waals surface area (Å²) in [5, 5.41) is 3.05. The smallest absolute Gasteiger partial charge is 0.0135 e. The Balaban J connectivity index is 2.68. The monoisotopic (exact) mass is 179 g/mol. The van der Waals surface area contributed by atoms with Crippen LogP contribution in [0, 0.1) is 0 Å². The van der Waals surface area contributed by atoms with Gasteiger partial charge in [-0.2, -0.15) is 0 Å². The second-order valence-corrected chi connectivity index (χ2v) is 3.00. The van der Waals surface area contributed by atoms with Gasteiger partial charge in [-0.1, -0.05) is 30.4 Å². The first-order valence-corrected chi connectivity index (χ1v) is 4.38. The molecule has 0 atom stereocenters. The molecule has 1 rings (SSSR count). The number of thiol groups is 1. The van der Waals surface area contributed by atoms with Crippen molar-refractivity contribution in [3.05, 3.63) is 35.9 Å². The first-order chi connectivity index (χ1) is 5.84. The third kappa shape index (κ3) is 2.72. The summed E-state index contributed by atoms with van der Waals surface area (Å²) in [5.41, 5.74) is 1.16. The summed E-state index contributed by atoms with van der Waals surface area (Å²) in [4.78, 5) is 1.02. The molecule has 0 aliphatic rings. The highest BCUT2D eigenvalue weighted by Crippen LogP contribution is 2.13. The number of benzene rings is 1. The lowest BCUT2D eigenvalue weighted by Gasteiger charge is -1.96. The molecule has 1 aromatic carbocycles. The van der Waals surface area contributed by atoms with Crippen LogP contribution >= 0.6 is 12.6 Å². The molecule has 1 aromatic rings. The summed E-state index contributed by atoms with van der Waals surface area (Å²) in [5.74, 6) is 0. The van der Waals surface area contributed by atoms with Crippen molar-refractivity contribution < 1.29 is 0 Å². The van der Waals surface area contributed by atoms with E-state index in [9.17, 15) is 0 Å². The summed E-state index contributed by atoms with van der Waals surface area (Å²) < 4.78 is 0. The van der Waals surface area contributed by atoms with Crippen LogP contribution in [0.15, 0.2) is 35.2 Å². The minimum Gasteiger partial charge on any atom is -0.316 e. The topological polar surface area (TPSA) is 12.0 Å². The zero-order chi connectivity index (χ0) is 8.81. The highest BCUT2D eigenvalue weighted by atomic mass is 32.1. The zero-order valence-electron chi connectivity index (χ0n) is 7.12. The average molecular weight is 179 g/mol. The molecular formula is C10H13NS. The van der Waals surface area contributed by atoms with Crippen LogP contribution in [0.25, 0.3) is 6.08 Å². The van der Waals surface area contributed by atoms with Gasteiger partial charge >= 0.3 is 0 Å². The predicted octanol–water partition coefficient (Wildman–Crippen LogP) is 2.21. The van der Waals surface area contributed by atoms with E-state index in [4.69, 9.17) is 0 Å². The first kappa shape index (κ1) is 9.36. The standard InChI is InChI=1S/C10H13NS/c1-11-8-4-6-9-5-2-3-7-10(9)12/h2-7,11-12H,8H2,1H3. The Labute approximate surface area is 78.9 Å². The predicted molar refractivity (Wildman–Crippen MR) is 56.7 cm³/mol. The van der Waals surface area contributed by atoms with Gasteiger partial charge < -0.3 is 5.32 Å². The van der Waals surface area contributed by atoms with Crippen molar-refractivity contribution >= 4 is 18.7 Å². The quantitative estimate of drug-likeness (QED) is 0.678. The van der Waals surface area contributed by atoms with E-state index < -0.39 is 0 Å². The molecule has 0 amide bonds. The summed E-state index contributed by atoms with van der Waals surface area (Å²) in [6, 6.07) is 8.03. The van der Waals surface area contributed by atoms with Gasteiger partial charge in [0.1, 0.15) is 0 Å². The van der Waals surface area contributed by atoms with Crippen molar-refractivity contribution in [1.29, 1.82) is 0 Å². The number of hydrogen-bond donors (Lipinski definition) is 2. The molecular weight excluding hydrogens is 166 g/mol.